The summed E-state index contributed by atoms with van der Waals surface area (Å²) in [5, 5.41) is 8.95. The summed E-state index contributed by atoms with van der Waals surface area (Å²) in [7, 11) is 0. The number of nitrogens with one attached hydrogen (secondary N) is 3. The van der Waals surface area contributed by atoms with Crippen LogP contribution in [0.5, 0.6) is 0 Å². The quantitative estimate of drug-likeness (QED) is 0.777. The zero-order chi connectivity index (χ0) is 17.0. The lowest BCUT2D eigenvalue weighted by molar-refractivity contribution is -0.122. The normalized spacial score (nSPS) is 19.6. The maximum absolute atomic E-state index is 12.5. The number of amides is 2. The Hall–Kier alpha value is -2.31. The van der Waals surface area contributed by atoms with Crippen LogP contribution in [-0.2, 0) is 4.79 Å². The minimum Gasteiger partial charge on any atom is -0.459 e. The monoisotopic (exact) mass is 363 g/mol. The second-order valence-corrected chi connectivity index (χ2v) is 6.18. The first-order valence-corrected chi connectivity index (χ1v) is 8.08. The van der Waals surface area contributed by atoms with Crippen LogP contribution in [0.2, 0.25) is 0 Å². The van der Waals surface area contributed by atoms with E-state index in [4.69, 9.17) is 4.42 Å². The molecule has 1 aromatic carbocycles. The number of anilines is 2. The molecule has 1 aliphatic rings. The van der Waals surface area contributed by atoms with Crippen LogP contribution in [0.3, 0.4) is 0 Å². The molecule has 3 N–H and O–H groups in total. The topological polar surface area (TPSA) is 83.4 Å². The Morgan fingerprint density at radius 2 is 1.76 bits per heavy atom. The molecule has 7 heteroatoms. The first kappa shape index (κ1) is 19.0. The van der Waals surface area contributed by atoms with Gasteiger partial charge in [-0.25, -0.2) is 0 Å². The van der Waals surface area contributed by atoms with Crippen molar-refractivity contribution in [2.24, 2.45) is 0 Å². The zero-order valence-corrected chi connectivity index (χ0v) is 14.8. The molecule has 1 unspecified atom stereocenters. The van der Waals surface area contributed by atoms with Crippen molar-refractivity contribution >= 4 is 35.6 Å². The van der Waals surface area contributed by atoms with E-state index in [-0.39, 0.29) is 30.0 Å². The molecule has 0 radical (unpaired) electrons. The fraction of sp³-hybridized carbons (Fsp3) is 0.333. The highest BCUT2D eigenvalue weighted by Gasteiger charge is 2.34. The third kappa shape index (κ3) is 4.61. The SMILES string of the molecule is CC1(C(=O)Nc2ccc(NC(=O)c3ccco3)cc2)CCCCN1.Cl. The summed E-state index contributed by atoms with van der Waals surface area (Å²) in [5.74, 6) is -0.0889. The first-order chi connectivity index (χ1) is 11.6. The molecule has 3 rings (SSSR count). The fourth-order valence-electron chi connectivity index (χ4n) is 2.76. The van der Waals surface area contributed by atoms with Gasteiger partial charge in [-0.2, -0.15) is 0 Å². The summed E-state index contributed by atoms with van der Waals surface area (Å²) in [6.45, 7) is 2.79. The molecule has 1 aliphatic heterocycles. The van der Waals surface area contributed by atoms with Crippen LogP contribution >= 0.6 is 12.4 Å². The number of furan rings is 1. The Morgan fingerprint density at radius 1 is 1.08 bits per heavy atom. The van der Waals surface area contributed by atoms with Gasteiger partial charge < -0.3 is 20.4 Å². The van der Waals surface area contributed by atoms with Gasteiger partial charge in [0.2, 0.25) is 5.91 Å². The molecule has 1 fully saturated rings. The number of carbonyl (C=O) groups excluding carboxylic acids is 2. The maximum atomic E-state index is 12.5. The maximum Gasteiger partial charge on any atom is 0.291 e. The highest BCUT2D eigenvalue weighted by atomic mass is 35.5. The lowest BCUT2D eigenvalue weighted by atomic mass is 9.90. The minimum atomic E-state index is -0.523. The van der Waals surface area contributed by atoms with E-state index >= 15 is 0 Å². The van der Waals surface area contributed by atoms with Crippen LogP contribution < -0.4 is 16.0 Å². The van der Waals surface area contributed by atoms with Crippen LogP contribution in [0.25, 0.3) is 0 Å². The third-order valence-corrected chi connectivity index (χ3v) is 4.27. The van der Waals surface area contributed by atoms with Crippen molar-refractivity contribution < 1.29 is 14.0 Å². The minimum absolute atomic E-state index is 0. The predicted molar refractivity (Wildman–Crippen MR) is 99.2 cm³/mol. The molecule has 6 nitrogen and oxygen atoms in total. The molecule has 0 spiro atoms. The lowest BCUT2D eigenvalue weighted by Gasteiger charge is -2.33. The fourth-order valence-corrected chi connectivity index (χ4v) is 2.76. The van der Waals surface area contributed by atoms with Crippen molar-refractivity contribution in [2.45, 2.75) is 31.7 Å². The Balaban J connectivity index is 0.00000225. The molecule has 134 valence electrons. The van der Waals surface area contributed by atoms with Crippen LogP contribution in [0.15, 0.2) is 47.1 Å². The smallest absolute Gasteiger partial charge is 0.291 e. The zero-order valence-electron chi connectivity index (χ0n) is 14.0. The van der Waals surface area contributed by atoms with E-state index in [1.54, 1.807) is 36.4 Å². The molecule has 0 bridgehead atoms. The molecular formula is C18H22ClN3O3. The van der Waals surface area contributed by atoms with E-state index in [0.29, 0.717) is 11.4 Å². The predicted octanol–water partition coefficient (Wildman–Crippen LogP) is 3.42. The molecule has 2 aromatic rings. The van der Waals surface area contributed by atoms with Crippen LogP contribution in [0, 0.1) is 0 Å². The number of rotatable bonds is 4. The van der Waals surface area contributed by atoms with Gasteiger partial charge >= 0.3 is 0 Å². The summed E-state index contributed by atoms with van der Waals surface area (Å²) in [6.07, 6.45) is 4.44. The second kappa shape index (κ2) is 8.18. The summed E-state index contributed by atoms with van der Waals surface area (Å²) < 4.78 is 5.05. The highest BCUT2D eigenvalue weighted by molar-refractivity contribution is 6.02. The van der Waals surface area contributed by atoms with Crippen molar-refractivity contribution in [1.29, 1.82) is 0 Å². The van der Waals surface area contributed by atoms with Crippen molar-refractivity contribution in [2.75, 3.05) is 17.2 Å². The lowest BCUT2D eigenvalue weighted by Crippen LogP contribution is -2.54. The molecule has 1 aromatic heterocycles. The van der Waals surface area contributed by atoms with E-state index in [9.17, 15) is 9.59 Å². The standard InChI is InChI=1S/C18H21N3O3.ClH/c1-18(10-2-3-11-19-18)17(23)21-14-8-6-13(7-9-14)20-16(22)15-5-4-12-24-15;/h4-9,12,19H,2-3,10-11H2,1H3,(H,20,22)(H,21,23);1H. The Kier molecular flexibility index (Phi) is 6.22. The number of benzene rings is 1. The van der Waals surface area contributed by atoms with Crippen LogP contribution in [-0.4, -0.2) is 23.9 Å². The summed E-state index contributed by atoms with van der Waals surface area (Å²) >= 11 is 0. The second-order valence-electron chi connectivity index (χ2n) is 6.18. The van der Waals surface area contributed by atoms with E-state index in [1.165, 1.54) is 6.26 Å². The number of halogens is 1. The third-order valence-electron chi connectivity index (χ3n) is 4.27. The molecule has 2 amide bonds. The van der Waals surface area contributed by atoms with Gasteiger partial charge in [-0.05, 0) is 69.1 Å². The van der Waals surface area contributed by atoms with Gasteiger partial charge in [0.25, 0.3) is 5.91 Å². The summed E-state index contributed by atoms with van der Waals surface area (Å²) in [5.41, 5.74) is 0.811. The van der Waals surface area contributed by atoms with Gasteiger partial charge in [-0.1, -0.05) is 0 Å². The molecule has 1 atom stereocenters. The summed E-state index contributed by atoms with van der Waals surface area (Å²) in [6, 6.07) is 10.3. The van der Waals surface area contributed by atoms with E-state index in [2.05, 4.69) is 16.0 Å². The molecule has 2 heterocycles. The number of hydrogen-bond donors (Lipinski definition) is 3. The average molecular weight is 364 g/mol. The van der Waals surface area contributed by atoms with Gasteiger partial charge in [0, 0.05) is 11.4 Å². The molecule has 1 saturated heterocycles. The summed E-state index contributed by atoms with van der Waals surface area (Å²) in [4.78, 5) is 24.4. The van der Waals surface area contributed by atoms with E-state index in [0.717, 1.165) is 25.8 Å². The van der Waals surface area contributed by atoms with Crippen molar-refractivity contribution in [3.63, 3.8) is 0 Å². The Morgan fingerprint density at radius 3 is 2.32 bits per heavy atom. The van der Waals surface area contributed by atoms with Crippen molar-refractivity contribution in [3.05, 3.63) is 48.4 Å². The molecule has 25 heavy (non-hydrogen) atoms. The van der Waals surface area contributed by atoms with Crippen LogP contribution in [0.4, 0.5) is 11.4 Å². The molecular weight excluding hydrogens is 342 g/mol. The van der Waals surface area contributed by atoms with Crippen molar-refractivity contribution in [1.82, 2.24) is 5.32 Å². The number of piperidine rings is 1. The van der Waals surface area contributed by atoms with Gasteiger partial charge in [0.15, 0.2) is 5.76 Å². The Bertz CT molecular complexity index is 708. The average Bonchev–Trinajstić information content (AvgIpc) is 3.12. The van der Waals surface area contributed by atoms with Gasteiger partial charge in [0.1, 0.15) is 0 Å². The molecule has 0 aliphatic carbocycles. The van der Waals surface area contributed by atoms with E-state index in [1.807, 2.05) is 6.92 Å². The highest BCUT2D eigenvalue weighted by Crippen LogP contribution is 2.22. The number of carbonyl (C=O) groups is 2. The van der Waals surface area contributed by atoms with Crippen LogP contribution in [0.1, 0.15) is 36.7 Å². The van der Waals surface area contributed by atoms with Crippen molar-refractivity contribution in [3.8, 4) is 0 Å². The largest absolute Gasteiger partial charge is 0.459 e. The Labute approximate surface area is 152 Å². The van der Waals surface area contributed by atoms with Gasteiger partial charge in [0.05, 0.1) is 11.8 Å². The molecule has 0 saturated carbocycles. The van der Waals surface area contributed by atoms with Gasteiger partial charge in [-0.15, -0.1) is 12.4 Å². The van der Waals surface area contributed by atoms with Gasteiger partial charge in [-0.3, -0.25) is 9.59 Å². The number of hydrogen-bond acceptors (Lipinski definition) is 4. The van der Waals surface area contributed by atoms with E-state index < -0.39 is 5.54 Å². The first-order valence-electron chi connectivity index (χ1n) is 8.08.